The number of carboxylic acids is 1. The minimum Gasteiger partial charge on any atom is -0.545 e. The number of halogens is 4. The highest BCUT2D eigenvalue weighted by atomic mass is 19.3. The topological polar surface area (TPSA) is 95.5 Å². The molecule has 0 aromatic heterocycles. The summed E-state index contributed by atoms with van der Waals surface area (Å²) in [5.41, 5.74) is 0.154. The smallest absolute Gasteiger partial charge is 0.340 e. The number of anilines is 1. The molecule has 0 fully saturated rings. The molecule has 6 nitrogen and oxygen atoms in total. The molecule has 152 valence electrons. The molecule has 0 spiro atoms. The summed E-state index contributed by atoms with van der Waals surface area (Å²) in [4.78, 5) is 35.2. The van der Waals surface area contributed by atoms with Gasteiger partial charge in [0.25, 0.3) is 0 Å². The molecule has 1 aromatic carbocycles. The van der Waals surface area contributed by atoms with E-state index in [-0.39, 0.29) is 24.1 Å². The molecule has 28 heavy (non-hydrogen) atoms. The lowest BCUT2D eigenvalue weighted by atomic mass is 9.82. The third-order valence-corrected chi connectivity index (χ3v) is 4.19. The molecule has 10 heteroatoms. The van der Waals surface area contributed by atoms with Crippen molar-refractivity contribution >= 4 is 23.5 Å². The van der Waals surface area contributed by atoms with Gasteiger partial charge in [0.05, 0.1) is 17.8 Å². The number of alkyl halides is 4. The first-order valence-electron chi connectivity index (χ1n) is 8.21. The van der Waals surface area contributed by atoms with Gasteiger partial charge >= 0.3 is 18.3 Å². The summed E-state index contributed by atoms with van der Waals surface area (Å²) in [5.74, 6) is -9.72. The highest BCUT2D eigenvalue weighted by Crippen LogP contribution is 2.30. The molecule has 0 radical (unpaired) electrons. The van der Waals surface area contributed by atoms with Crippen LogP contribution in [0.4, 0.5) is 23.2 Å². The Morgan fingerprint density at radius 2 is 1.68 bits per heavy atom. The first-order valence-corrected chi connectivity index (χ1v) is 8.21. The molecular formula is C18H16F4NO5-. The summed E-state index contributed by atoms with van der Waals surface area (Å²) in [6.07, 6.45) is -0.639. The molecule has 2 rings (SSSR count). The van der Waals surface area contributed by atoms with Crippen molar-refractivity contribution in [3.63, 3.8) is 0 Å². The van der Waals surface area contributed by atoms with E-state index in [9.17, 15) is 37.1 Å². The SMILES string of the molecule is O=C([O-])c1ccc(NC(=O)[C@H]2CC=CC[C@@H]2C(=O)OCC(F)(F)C(F)F)cc1. The Morgan fingerprint density at radius 3 is 2.21 bits per heavy atom. The molecule has 1 N–H and O–H groups in total. The first kappa shape index (κ1) is 21.4. The molecule has 0 saturated heterocycles. The van der Waals surface area contributed by atoms with Gasteiger partial charge in [0, 0.05) is 5.69 Å². The summed E-state index contributed by atoms with van der Waals surface area (Å²) >= 11 is 0. The number of nitrogens with one attached hydrogen (secondary N) is 1. The largest absolute Gasteiger partial charge is 0.545 e. The van der Waals surface area contributed by atoms with Gasteiger partial charge in [0.2, 0.25) is 5.91 Å². The number of hydrogen-bond acceptors (Lipinski definition) is 5. The van der Waals surface area contributed by atoms with Crippen molar-refractivity contribution in [3.05, 3.63) is 42.0 Å². The van der Waals surface area contributed by atoms with E-state index in [0.717, 1.165) is 0 Å². The predicted molar refractivity (Wildman–Crippen MR) is 86.7 cm³/mol. The van der Waals surface area contributed by atoms with E-state index in [0.29, 0.717) is 0 Å². The molecule has 1 aliphatic carbocycles. The number of esters is 1. The number of carbonyl (C=O) groups is 3. The van der Waals surface area contributed by atoms with Crippen molar-refractivity contribution in [2.24, 2.45) is 11.8 Å². The van der Waals surface area contributed by atoms with Gasteiger partial charge in [-0.1, -0.05) is 24.3 Å². The predicted octanol–water partition coefficient (Wildman–Crippen LogP) is 2.01. The average Bonchev–Trinajstić information content (AvgIpc) is 2.66. The maximum Gasteiger partial charge on any atom is 0.340 e. The Morgan fingerprint density at radius 1 is 1.11 bits per heavy atom. The molecule has 2 atom stereocenters. The lowest BCUT2D eigenvalue weighted by Gasteiger charge is -2.26. The maximum atomic E-state index is 12.9. The molecule has 1 amide bonds. The number of benzene rings is 1. The zero-order chi connectivity index (χ0) is 20.9. The Bertz CT molecular complexity index is 764. The van der Waals surface area contributed by atoms with Crippen LogP contribution in [-0.2, 0) is 14.3 Å². The minimum atomic E-state index is -4.47. The van der Waals surface area contributed by atoms with Crippen LogP contribution >= 0.6 is 0 Å². The molecule has 0 unspecified atom stereocenters. The first-order chi connectivity index (χ1) is 13.1. The zero-order valence-electron chi connectivity index (χ0n) is 14.4. The fourth-order valence-electron chi connectivity index (χ4n) is 2.63. The van der Waals surface area contributed by atoms with E-state index in [1.165, 1.54) is 24.3 Å². The number of allylic oxidation sites excluding steroid dienone is 2. The van der Waals surface area contributed by atoms with Crippen molar-refractivity contribution < 1.29 is 41.8 Å². The van der Waals surface area contributed by atoms with E-state index in [1.807, 2.05) is 0 Å². The van der Waals surface area contributed by atoms with Crippen LogP contribution in [0.1, 0.15) is 23.2 Å². The van der Waals surface area contributed by atoms with Gasteiger partial charge in [0.15, 0.2) is 6.61 Å². The van der Waals surface area contributed by atoms with Crippen molar-refractivity contribution in [1.82, 2.24) is 0 Å². The quantitative estimate of drug-likeness (QED) is 0.428. The highest BCUT2D eigenvalue weighted by molar-refractivity contribution is 5.96. The second-order valence-corrected chi connectivity index (χ2v) is 6.18. The van der Waals surface area contributed by atoms with Crippen LogP contribution in [0.5, 0.6) is 0 Å². The fourth-order valence-corrected chi connectivity index (χ4v) is 2.63. The van der Waals surface area contributed by atoms with Crippen LogP contribution in [0.25, 0.3) is 0 Å². The Labute approximate surface area is 157 Å². The molecule has 0 heterocycles. The Kier molecular flexibility index (Phi) is 6.76. The van der Waals surface area contributed by atoms with Crippen LogP contribution in [-0.4, -0.2) is 36.8 Å². The zero-order valence-corrected chi connectivity index (χ0v) is 14.4. The molecular weight excluding hydrogens is 386 g/mol. The number of aromatic carboxylic acids is 1. The summed E-state index contributed by atoms with van der Waals surface area (Å²) in [6, 6.07) is 5.06. The second-order valence-electron chi connectivity index (χ2n) is 6.18. The lowest BCUT2D eigenvalue weighted by molar-refractivity contribution is -0.255. The van der Waals surface area contributed by atoms with Gasteiger partial charge in [-0.3, -0.25) is 9.59 Å². The summed E-state index contributed by atoms with van der Waals surface area (Å²) < 4.78 is 54.6. The van der Waals surface area contributed by atoms with Crippen LogP contribution in [0, 0.1) is 11.8 Å². The van der Waals surface area contributed by atoms with Gasteiger partial charge in [-0.25, -0.2) is 8.78 Å². The number of carbonyl (C=O) groups excluding carboxylic acids is 3. The van der Waals surface area contributed by atoms with Crippen LogP contribution in [0.2, 0.25) is 0 Å². The molecule has 1 aromatic rings. The van der Waals surface area contributed by atoms with Crippen molar-refractivity contribution in [3.8, 4) is 0 Å². The summed E-state index contributed by atoms with van der Waals surface area (Å²) in [6.45, 7) is -1.78. The fraction of sp³-hybridized carbons (Fsp3) is 0.389. The summed E-state index contributed by atoms with van der Waals surface area (Å²) in [7, 11) is 0. The Hall–Kier alpha value is -2.91. The van der Waals surface area contributed by atoms with E-state index < -0.39 is 48.6 Å². The van der Waals surface area contributed by atoms with Crippen molar-refractivity contribution in [2.75, 3.05) is 11.9 Å². The normalized spacial score (nSPS) is 19.3. The van der Waals surface area contributed by atoms with Crippen molar-refractivity contribution in [1.29, 1.82) is 0 Å². The second kappa shape index (κ2) is 8.85. The number of rotatable bonds is 7. The number of amides is 1. The third-order valence-electron chi connectivity index (χ3n) is 4.19. The Balaban J connectivity index is 2.03. The van der Waals surface area contributed by atoms with Gasteiger partial charge in [-0.05, 0) is 30.5 Å². The third kappa shape index (κ3) is 5.30. The van der Waals surface area contributed by atoms with Crippen LogP contribution in [0.15, 0.2) is 36.4 Å². The van der Waals surface area contributed by atoms with E-state index in [1.54, 1.807) is 12.2 Å². The van der Waals surface area contributed by atoms with Gasteiger partial charge in [-0.2, -0.15) is 8.78 Å². The molecule has 0 saturated carbocycles. The lowest BCUT2D eigenvalue weighted by Crippen LogP contribution is -2.39. The summed E-state index contributed by atoms with van der Waals surface area (Å²) in [5, 5.41) is 13.2. The molecule has 0 bridgehead atoms. The average molecular weight is 402 g/mol. The maximum absolute atomic E-state index is 12.9. The van der Waals surface area contributed by atoms with Gasteiger partial charge in [0.1, 0.15) is 0 Å². The van der Waals surface area contributed by atoms with E-state index in [2.05, 4.69) is 10.1 Å². The number of carboxylic acid groups (broad SMARTS) is 1. The van der Waals surface area contributed by atoms with E-state index in [4.69, 9.17) is 0 Å². The number of hydrogen-bond donors (Lipinski definition) is 1. The molecule has 1 aliphatic rings. The monoisotopic (exact) mass is 402 g/mol. The van der Waals surface area contributed by atoms with Crippen LogP contribution < -0.4 is 10.4 Å². The molecule has 0 aliphatic heterocycles. The number of ether oxygens (including phenoxy) is 1. The van der Waals surface area contributed by atoms with Gasteiger partial charge in [-0.15, -0.1) is 0 Å². The van der Waals surface area contributed by atoms with Gasteiger partial charge < -0.3 is 20.0 Å². The highest BCUT2D eigenvalue weighted by Gasteiger charge is 2.43. The van der Waals surface area contributed by atoms with E-state index >= 15 is 0 Å². The van der Waals surface area contributed by atoms with Crippen LogP contribution in [0.3, 0.4) is 0 Å². The minimum absolute atomic E-state index is 0.0286. The van der Waals surface area contributed by atoms with Crippen molar-refractivity contribution in [2.45, 2.75) is 25.2 Å². The standard InChI is InChI=1S/C18H17F4NO5/c19-17(20)18(21,22)9-28-16(27)13-4-2-1-3-12(13)14(24)23-11-7-5-10(6-8-11)15(25)26/h1-2,5-8,12-13,17H,3-4,9H2,(H,23,24)(H,25,26)/p-1/t12-,13-/m0/s1.